The van der Waals surface area contributed by atoms with Gasteiger partial charge in [0.15, 0.2) is 0 Å². The lowest BCUT2D eigenvalue weighted by molar-refractivity contribution is -0.114. The lowest BCUT2D eigenvalue weighted by Gasteiger charge is -2.37. The fraction of sp³-hybridized carbons (Fsp3) is 0.579. The van der Waals surface area contributed by atoms with Crippen LogP contribution in [0.25, 0.3) is 0 Å². The summed E-state index contributed by atoms with van der Waals surface area (Å²) in [6, 6.07) is 8.30. The van der Waals surface area contributed by atoms with Crippen LogP contribution in [0.5, 0.6) is 0 Å². The molecule has 1 aliphatic heterocycles. The van der Waals surface area contributed by atoms with Crippen LogP contribution in [0.2, 0.25) is 0 Å². The number of carbonyl (C=O) groups excluding carboxylic acids is 2. The van der Waals surface area contributed by atoms with E-state index in [0.717, 1.165) is 50.4 Å². The molecule has 1 saturated carbocycles. The summed E-state index contributed by atoms with van der Waals surface area (Å²) in [5, 5.41) is 6.01. The summed E-state index contributed by atoms with van der Waals surface area (Å²) in [5.74, 6) is -0.0682. The van der Waals surface area contributed by atoms with E-state index >= 15 is 0 Å². The minimum Gasteiger partial charge on any atom is -0.368 e. The zero-order valence-electron chi connectivity index (χ0n) is 15.0. The maximum atomic E-state index is 12.4. The molecule has 3 rings (SSSR count). The number of carbonyl (C=O) groups is 2. The Hall–Kier alpha value is -2.24. The zero-order valence-corrected chi connectivity index (χ0v) is 15.0. The fourth-order valence-electron chi connectivity index (χ4n) is 3.66. The molecule has 0 spiro atoms. The molecule has 2 aliphatic rings. The van der Waals surface area contributed by atoms with Crippen LogP contribution in [0.3, 0.4) is 0 Å². The number of anilines is 2. The lowest BCUT2D eigenvalue weighted by atomic mass is 9.96. The maximum absolute atomic E-state index is 12.4. The molecule has 136 valence electrons. The molecule has 25 heavy (non-hydrogen) atoms. The first-order valence-electron chi connectivity index (χ1n) is 9.30. The molecule has 0 aromatic heterocycles. The van der Waals surface area contributed by atoms with Gasteiger partial charge in [0.05, 0.1) is 0 Å². The van der Waals surface area contributed by atoms with Gasteiger partial charge in [0.2, 0.25) is 5.91 Å². The highest BCUT2D eigenvalue weighted by Gasteiger charge is 2.24. The van der Waals surface area contributed by atoms with Crippen molar-refractivity contribution in [1.82, 2.24) is 10.2 Å². The van der Waals surface area contributed by atoms with Crippen LogP contribution in [0, 0.1) is 0 Å². The first kappa shape index (κ1) is 17.6. The Kier molecular flexibility index (Phi) is 5.79. The molecule has 6 nitrogen and oxygen atoms in total. The first-order valence-corrected chi connectivity index (χ1v) is 9.30. The van der Waals surface area contributed by atoms with Gasteiger partial charge in [-0.3, -0.25) is 4.79 Å². The third-order valence-electron chi connectivity index (χ3n) is 5.03. The summed E-state index contributed by atoms with van der Waals surface area (Å²) in [6.07, 6.45) is 5.97. The predicted octanol–water partition coefficient (Wildman–Crippen LogP) is 2.81. The molecule has 0 bridgehead atoms. The van der Waals surface area contributed by atoms with E-state index in [1.165, 1.54) is 26.2 Å². The zero-order chi connectivity index (χ0) is 17.6. The topological polar surface area (TPSA) is 64.7 Å². The maximum Gasteiger partial charge on any atom is 0.317 e. The molecule has 6 heteroatoms. The second kappa shape index (κ2) is 8.23. The van der Waals surface area contributed by atoms with Crippen LogP contribution in [-0.2, 0) is 4.79 Å². The second-order valence-electron chi connectivity index (χ2n) is 6.99. The number of nitrogens with one attached hydrogen (secondary N) is 2. The quantitative estimate of drug-likeness (QED) is 0.886. The van der Waals surface area contributed by atoms with Crippen LogP contribution >= 0.6 is 0 Å². The molecule has 3 amide bonds. The van der Waals surface area contributed by atoms with Crippen molar-refractivity contribution in [3.8, 4) is 0 Å². The van der Waals surface area contributed by atoms with Gasteiger partial charge in [-0.25, -0.2) is 4.79 Å². The summed E-state index contributed by atoms with van der Waals surface area (Å²) in [7, 11) is 0. The smallest absolute Gasteiger partial charge is 0.317 e. The van der Waals surface area contributed by atoms with Crippen molar-refractivity contribution in [3.05, 3.63) is 24.3 Å². The van der Waals surface area contributed by atoms with Crippen molar-refractivity contribution >= 4 is 23.3 Å². The minimum atomic E-state index is -0.0682. The Labute approximate surface area is 149 Å². The van der Waals surface area contributed by atoms with Gasteiger partial charge < -0.3 is 20.4 Å². The van der Waals surface area contributed by atoms with E-state index in [1.807, 2.05) is 29.2 Å². The van der Waals surface area contributed by atoms with E-state index in [4.69, 9.17) is 0 Å². The van der Waals surface area contributed by atoms with Crippen LogP contribution < -0.4 is 15.5 Å². The van der Waals surface area contributed by atoms with Gasteiger partial charge in [-0.05, 0) is 31.0 Å². The number of benzene rings is 1. The van der Waals surface area contributed by atoms with Crippen LogP contribution in [0.1, 0.15) is 39.0 Å². The minimum absolute atomic E-state index is 0.0682. The standard InChI is InChI=1S/C19H28N4O2/c1-15(24)20-17-8-5-9-18(14-17)22-10-12-23(13-11-22)19(25)21-16-6-3-2-4-7-16/h5,8-9,14,16H,2-4,6-7,10-13H2,1H3,(H,20,24)(H,21,25). The molecular formula is C19H28N4O2. The van der Waals surface area contributed by atoms with Crippen molar-refractivity contribution in [1.29, 1.82) is 0 Å². The molecule has 1 aliphatic carbocycles. The van der Waals surface area contributed by atoms with Crippen molar-refractivity contribution in [2.75, 3.05) is 36.4 Å². The Morgan fingerprint density at radius 3 is 2.44 bits per heavy atom. The molecule has 0 radical (unpaired) electrons. The van der Waals surface area contributed by atoms with Gasteiger partial charge >= 0.3 is 6.03 Å². The number of piperazine rings is 1. The largest absolute Gasteiger partial charge is 0.368 e. The molecule has 2 fully saturated rings. The average molecular weight is 344 g/mol. The Bertz CT molecular complexity index is 605. The Morgan fingerprint density at radius 1 is 1.04 bits per heavy atom. The third kappa shape index (κ3) is 4.87. The first-order chi connectivity index (χ1) is 12.1. The Morgan fingerprint density at radius 2 is 1.76 bits per heavy atom. The predicted molar refractivity (Wildman–Crippen MR) is 99.9 cm³/mol. The normalized spacial score (nSPS) is 18.8. The van der Waals surface area contributed by atoms with E-state index in [1.54, 1.807) is 0 Å². The number of rotatable bonds is 3. The van der Waals surface area contributed by atoms with Gasteiger partial charge in [0.1, 0.15) is 0 Å². The summed E-state index contributed by atoms with van der Waals surface area (Å²) in [6.45, 7) is 4.57. The number of hydrogen-bond acceptors (Lipinski definition) is 3. The molecule has 0 atom stereocenters. The monoisotopic (exact) mass is 344 g/mol. The SMILES string of the molecule is CC(=O)Nc1cccc(N2CCN(C(=O)NC3CCCCC3)CC2)c1. The second-order valence-corrected chi connectivity index (χ2v) is 6.99. The molecule has 1 heterocycles. The number of amides is 3. The summed E-state index contributed by atoms with van der Waals surface area (Å²) < 4.78 is 0. The van der Waals surface area contributed by atoms with Gasteiger partial charge in [-0.1, -0.05) is 25.3 Å². The van der Waals surface area contributed by atoms with Gasteiger partial charge in [-0.15, -0.1) is 0 Å². The molecule has 2 N–H and O–H groups in total. The number of urea groups is 1. The summed E-state index contributed by atoms with van der Waals surface area (Å²) in [4.78, 5) is 27.8. The van der Waals surface area contributed by atoms with E-state index in [9.17, 15) is 9.59 Å². The third-order valence-corrected chi connectivity index (χ3v) is 5.03. The van der Waals surface area contributed by atoms with Gasteiger partial charge in [-0.2, -0.15) is 0 Å². The van der Waals surface area contributed by atoms with Crippen molar-refractivity contribution < 1.29 is 9.59 Å². The summed E-state index contributed by atoms with van der Waals surface area (Å²) >= 11 is 0. The number of hydrogen-bond donors (Lipinski definition) is 2. The van der Waals surface area contributed by atoms with Crippen LogP contribution in [0.15, 0.2) is 24.3 Å². The Balaban J connectivity index is 1.51. The van der Waals surface area contributed by atoms with Crippen molar-refractivity contribution in [2.24, 2.45) is 0 Å². The highest BCUT2D eigenvalue weighted by atomic mass is 16.2. The summed E-state index contributed by atoms with van der Waals surface area (Å²) in [5.41, 5.74) is 1.89. The van der Waals surface area contributed by atoms with Gasteiger partial charge in [0, 0.05) is 50.5 Å². The van der Waals surface area contributed by atoms with Crippen LogP contribution in [0.4, 0.5) is 16.2 Å². The lowest BCUT2D eigenvalue weighted by Crippen LogP contribution is -2.53. The molecular weight excluding hydrogens is 316 g/mol. The van der Waals surface area contributed by atoms with E-state index < -0.39 is 0 Å². The van der Waals surface area contributed by atoms with E-state index in [-0.39, 0.29) is 11.9 Å². The van der Waals surface area contributed by atoms with Gasteiger partial charge in [0.25, 0.3) is 0 Å². The molecule has 0 unspecified atom stereocenters. The molecule has 1 saturated heterocycles. The van der Waals surface area contributed by atoms with Crippen molar-refractivity contribution in [3.63, 3.8) is 0 Å². The highest BCUT2D eigenvalue weighted by molar-refractivity contribution is 5.89. The highest BCUT2D eigenvalue weighted by Crippen LogP contribution is 2.21. The number of nitrogens with zero attached hydrogens (tertiary/aromatic N) is 2. The van der Waals surface area contributed by atoms with E-state index in [0.29, 0.717) is 6.04 Å². The van der Waals surface area contributed by atoms with Crippen molar-refractivity contribution in [2.45, 2.75) is 45.1 Å². The molecule has 1 aromatic carbocycles. The average Bonchev–Trinajstić information content (AvgIpc) is 2.62. The van der Waals surface area contributed by atoms with E-state index in [2.05, 4.69) is 15.5 Å². The molecule has 1 aromatic rings. The fourth-order valence-corrected chi connectivity index (χ4v) is 3.66. The van der Waals surface area contributed by atoms with Crippen LogP contribution in [-0.4, -0.2) is 49.1 Å².